The third-order valence-electron chi connectivity index (χ3n) is 3.30. The van der Waals surface area contributed by atoms with E-state index in [2.05, 4.69) is 38.0 Å². The summed E-state index contributed by atoms with van der Waals surface area (Å²) in [5, 5.41) is 3.36. The molecule has 4 nitrogen and oxygen atoms in total. The van der Waals surface area contributed by atoms with Crippen molar-refractivity contribution in [2.75, 3.05) is 25.0 Å². The summed E-state index contributed by atoms with van der Waals surface area (Å²) in [6, 6.07) is 3.78. The van der Waals surface area contributed by atoms with E-state index >= 15 is 0 Å². The number of carbonyl (C=O) groups is 1. The second kappa shape index (κ2) is 9.37. The maximum Gasteiger partial charge on any atom is 0.272 e. The Morgan fingerprint density at radius 3 is 2.52 bits per heavy atom. The number of amides is 1. The molecule has 0 radical (unpaired) electrons. The number of carbonyl (C=O) groups excluding carboxylic acids is 1. The molecular weight excluding hydrogens is 262 g/mol. The summed E-state index contributed by atoms with van der Waals surface area (Å²) < 4.78 is 0. The standard InChI is InChI=1S/C17H29N3O/c1-5-11-20(12-6-2)17(21)16-13-15(8-10-19-16)18-9-7-14(3)4/h8,10,13-14H,5-7,9,11-12H2,1-4H3,(H,18,19). The lowest BCUT2D eigenvalue weighted by Gasteiger charge is -2.21. The van der Waals surface area contributed by atoms with Crippen molar-refractivity contribution in [3.63, 3.8) is 0 Å². The van der Waals surface area contributed by atoms with Crippen LogP contribution < -0.4 is 5.32 Å². The van der Waals surface area contributed by atoms with E-state index in [-0.39, 0.29) is 5.91 Å². The number of anilines is 1. The first kappa shape index (κ1) is 17.5. The van der Waals surface area contributed by atoms with Gasteiger partial charge in [-0.25, -0.2) is 0 Å². The van der Waals surface area contributed by atoms with Crippen LogP contribution in [0.15, 0.2) is 18.3 Å². The Bertz CT molecular complexity index is 426. The van der Waals surface area contributed by atoms with Gasteiger partial charge in [-0.05, 0) is 37.3 Å². The molecule has 0 aromatic carbocycles. The molecule has 1 rings (SSSR count). The molecule has 0 spiro atoms. The van der Waals surface area contributed by atoms with Crippen molar-refractivity contribution in [1.29, 1.82) is 0 Å². The second-order valence-electron chi connectivity index (χ2n) is 5.83. The van der Waals surface area contributed by atoms with Gasteiger partial charge in [0.25, 0.3) is 5.91 Å². The monoisotopic (exact) mass is 291 g/mol. The van der Waals surface area contributed by atoms with Crippen LogP contribution in [0.2, 0.25) is 0 Å². The Balaban J connectivity index is 2.70. The molecule has 0 atom stereocenters. The predicted molar refractivity (Wildman–Crippen MR) is 88.7 cm³/mol. The van der Waals surface area contributed by atoms with E-state index in [4.69, 9.17) is 0 Å². The minimum Gasteiger partial charge on any atom is -0.385 e. The van der Waals surface area contributed by atoms with Gasteiger partial charge in [-0.2, -0.15) is 0 Å². The zero-order valence-electron chi connectivity index (χ0n) is 13.9. The summed E-state index contributed by atoms with van der Waals surface area (Å²) in [6.07, 6.45) is 4.76. The average molecular weight is 291 g/mol. The lowest BCUT2D eigenvalue weighted by atomic mass is 10.1. The van der Waals surface area contributed by atoms with Crippen LogP contribution in [0.4, 0.5) is 5.69 Å². The number of aromatic nitrogens is 1. The molecule has 0 aliphatic heterocycles. The molecule has 0 unspecified atom stereocenters. The van der Waals surface area contributed by atoms with Crippen molar-refractivity contribution in [3.05, 3.63) is 24.0 Å². The highest BCUT2D eigenvalue weighted by Crippen LogP contribution is 2.12. The molecule has 0 saturated carbocycles. The third-order valence-corrected chi connectivity index (χ3v) is 3.30. The Kier molecular flexibility index (Phi) is 7.80. The van der Waals surface area contributed by atoms with Crippen LogP contribution in [-0.2, 0) is 0 Å². The van der Waals surface area contributed by atoms with Crippen LogP contribution in [0.3, 0.4) is 0 Å². The van der Waals surface area contributed by atoms with Crippen LogP contribution >= 0.6 is 0 Å². The van der Waals surface area contributed by atoms with Crippen LogP contribution in [0, 0.1) is 5.92 Å². The van der Waals surface area contributed by atoms with Crippen molar-refractivity contribution in [3.8, 4) is 0 Å². The number of hydrogen-bond donors (Lipinski definition) is 1. The van der Waals surface area contributed by atoms with E-state index in [0.717, 1.165) is 44.6 Å². The summed E-state index contributed by atoms with van der Waals surface area (Å²) in [4.78, 5) is 18.6. The molecule has 0 bridgehead atoms. The van der Waals surface area contributed by atoms with Crippen molar-refractivity contribution in [2.45, 2.75) is 47.0 Å². The van der Waals surface area contributed by atoms with E-state index in [1.807, 2.05) is 17.0 Å². The average Bonchev–Trinajstić information content (AvgIpc) is 2.46. The summed E-state index contributed by atoms with van der Waals surface area (Å²) in [6.45, 7) is 11.1. The minimum absolute atomic E-state index is 0.0335. The topological polar surface area (TPSA) is 45.2 Å². The smallest absolute Gasteiger partial charge is 0.272 e. The van der Waals surface area contributed by atoms with Crippen LogP contribution in [-0.4, -0.2) is 35.4 Å². The van der Waals surface area contributed by atoms with E-state index in [0.29, 0.717) is 11.6 Å². The Labute approximate surface area is 129 Å². The van der Waals surface area contributed by atoms with Crippen LogP contribution in [0.1, 0.15) is 57.4 Å². The Morgan fingerprint density at radius 1 is 1.29 bits per heavy atom. The second-order valence-corrected chi connectivity index (χ2v) is 5.83. The lowest BCUT2D eigenvalue weighted by molar-refractivity contribution is 0.0749. The number of nitrogens with one attached hydrogen (secondary N) is 1. The fourth-order valence-electron chi connectivity index (χ4n) is 2.18. The molecular formula is C17H29N3O. The van der Waals surface area contributed by atoms with Gasteiger partial charge in [-0.3, -0.25) is 9.78 Å². The molecule has 1 N–H and O–H groups in total. The lowest BCUT2D eigenvalue weighted by Crippen LogP contribution is -2.33. The van der Waals surface area contributed by atoms with E-state index < -0.39 is 0 Å². The minimum atomic E-state index is 0.0335. The molecule has 0 saturated heterocycles. The first-order valence-electron chi connectivity index (χ1n) is 8.07. The summed E-state index contributed by atoms with van der Waals surface area (Å²) >= 11 is 0. The van der Waals surface area contributed by atoms with Crippen molar-refractivity contribution >= 4 is 11.6 Å². The maximum atomic E-state index is 12.5. The first-order valence-corrected chi connectivity index (χ1v) is 8.07. The highest BCUT2D eigenvalue weighted by Gasteiger charge is 2.15. The van der Waals surface area contributed by atoms with Gasteiger partial charge >= 0.3 is 0 Å². The fraction of sp³-hybridized carbons (Fsp3) is 0.647. The maximum absolute atomic E-state index is 12.5. The SMILES string of the molecule is CCCN(CCC)C(=O)c1cc(NCCC(C)C)ccn1. The summed E-state index contributed by atoms with van der Waals surface area (Å²) in [5.41, 5.74) is 1.51. The summed E-state index contributed by atoms with van der Waals surface area (Å²) in [7, 11) is 0. The summed E-state index contributed by atoms with van der Waals surface area (Å²) in [5.74, 6) is 0.705. The van der Waals surface area contributed by atoms with Gasteiger partial charge in [0, 0.05) is 31.5 Å². The van der Waals surface area contributed by atoms with Gasteiger partial charge in [0.1, 0.15) is 5.69 Å². The Morgan fingerprint density at radius 2 is 1.95 bits per heavy atom. The molecule has 0 aliphatic carbocycles. The van der Waals surface area contributed by atoms with Crippen molar-refractivity contribution in [2.24, 2.45) is 5.92 Å². The third kappa shape index (κ3) is 6.15. The van der Waals surface area contributed by atoms with Gasteiger partial charge < -0.3 is 10.2 Å². The first-order chi connectivity index (χ1) is 10.1. The molecule has 0 aliphatic rings. The van der Waals surface area contributed by atoms with E-state index in [9.17, 15) is 4.79 Å². The predicted octanol–water partition coefficient (Wildman–Crippen LogP) is 3.80. The van der Waals surface area contributed by atoms with Gasteiger partial charge in [0.05, 0.1) is 0 Å². The van der Waals surface area contributed by atoms with Crippen LogP contribution in [0.5, 0.6) is 0 Å². The Hall–Kier alpha value is -1.58. The molecule has 4 heteroatoms. The van der Waals surface area contributed by atoms with Gasteiger partial charge in [0.15, 0.2) is 0 Å². The fourth-order valence-corrected chi connectivity index (χ4v) is 2.18. The molecule has 118 valence electrons. The van der Waals surface area contributed by atoms with Gasteiger partial charge in [-0.15, -0.1) is 0 Å². The zero-order valence-corrected chi connectivity index (χ0v) is 13.9. The molecule has 1 heterocycles. The number of hydrogen-bond acceptors (Lipinski definition) is 3. The quantitative estimate of drug-likeness (QED) is 0.752. The largest absolute Gasteiger partial charge is 0.385 e. The molecule has 1 amide bonds. The van der Waals surface area contributed by atoms with Crippen LogP contribution in [0.25, 0.3) is 0 Å². The number of nitrogens with zero attached hydrogens (tertiary/aromatic N) is 2. The highest BCUT2D eigenvalue weighted by molar-refractivity contribution is 5.93. The molecule has 1 aromatic heterocycles. The van der Waals surface area contributed by atoms with Gasteiger partial charge in [0.2, 0.25) is 0 Å². The number of pyridine rings is 1. The molecule has 0 fully saturated rings. The normalized spacial score (nSPS) is 10.7. The highest BCUT2D eigenvalue weighted by atomic mass is 16.2. The van der Waals surface area contributed by atoms with E-state index in [1.165, 1.54) is 0 Å². The van der Waals surface area contributed by atoms with Crippen molar-refractivity contribution < 1.29 is 4.79 Å². The number of rotatable bonds is 9. The molecule has 1 aromatic rings. The van der Waals surface area contributed by atoms with E-state index in [1.54, 1.807) is 6.20 Å². The van der Waals surface area contributed by atoms with Gasteiger partial charge in [-0.1, -0.05) is 27.7 Å². The molecule has 21 heavy (non-hydrogen) atoms. The zero-order chi connectivity index (χ0) is 15.7. The van der Waals surface area contributed by atoms with Crippen molar-refractivity contribution in [1.82, 2.24) is 9.88 Å².